The molecule has 0 N–H and O–H groups in total. The highest BCUT2D eigenvalue weighted by Gasteiger charge is 2.57. The van der Waals surface area contributed by atoms with E-state index in [1.165, 1.54) is 14.2 Å². The maximum Gasteiger partial charge on any atom is 0.323 e. The number of methoxy groups -OCH3 is 3. The fourth-order valence-electron chi connectivity index (χ4n) is 2.50. The van der Waals surface area contributed by atoms with E-state index in [1.807, 2.05) is 0 Å². The van der Waals surface area contributed by atoms with Crippen LogP contribution in [0, 0.1) is 11.3 Å². The summed E-state index contributed by atoms with van der Waals surface area (Å²) in [5.74, 6) is -1.28. The number of rotatable bonds is 4. The minimum Gasteiger partial charge on any atom is -0.468 e. The van der Waals surface area contributed by atoms with Gasteiger partial charge in [-0.25, -0.2) is 0 Å². The van der Waals surface area contributed by atoms with Crippen molar-refractivity contribution in [3.63, 3.8) is 0 Å². The SMILES string of the molecule is C=C=CC1CC(C(=O)OC)(C(=O)OC)CC1OC. The van der Waals surface area contributed by atoms with Crippen molar-refractivity contribution in [2.24, 2.45) is 11.3 Å². The fraction of sp³-hybridized carbons (Fsp3) is 0.615. The van der Waals surface area contributed by atoms with Gasteiger partial charge in [0.25, 0.3) is 0 Å². The van der Waals surface area contributed by atoms with Crippen LogP contribution in [0.3, 0.4) is 0 Å². The highest BCUT2D eigenvalue weighted by Crippen LogP contribution is 2.45. The van der Waals surface area contributed by atoms with Crippen LogP contribution in [-0.4, -0.2) is 39.4 Å². The zero-order chi connectivity index (χ0) is 13.8. The molecule has 18 heavy (non-hydrogen) atoms. The number of esters is 2. The molecule has 1 rings (SSSR count). The molecule has 0 aromatic heterocycles. The number of carbonyl (C=O) groups excluding carboxylic acids is 2. The third-order valence-electron chi connectivity index (χ3n) is 3.40. The van der Waals surface area contributed by atoms with Crippen molar-refractivity contribution in [1.29, 1.82) is 0 Å². The average molecular weight is 254 g/mol. The van der Waals surface area contributed by atoms with Crippen LogP contribution in [0.15, 0.2) is 18.4 Å². The Kier molecular flexibility index (Phi) is 4.70. The second-order valence-electron chi connectivity index (χ2n) is 4.28. The summed E-state index contributed by atoms with van der Waals surface area (Å²) in [6.45, 7) is 3.50. The number of hydrogen-bond donors (Lipinski definition) is 0. The lowest BCUT2D eigenvalue weighted by Gasteiger charge is -2.22. The summed E-state index contributed by atoms with van der Waals surface area (Å²) in [6.07, 6.45) is 1.98. The second-order valence-corrected chi connectivity index (χ2v) is 4.28. The van der Waals surface area contributed by atoms with Crippen LogP contribution in [0.25, 0.3) is 0 Å². The number of carbonyl (C=O) groups is 2. The van der Waals surface area contributed by atoms with Gasteiger partial charge in [-0.3, -0.25) is 9.59 Å². The van der Waals surface area contributed by atoms with E-state index in [0.717, 1.165) is 0 Å². The average Bonchev–Trinajstić information content (AvgIpc) is 2.77. The standard InChI is InChI=1S/C13H18O5/c1-5-6-9-7-13(11(14)17-3,12(15)18-4)8-10(9)16-2/h6,9-10H,1,7-8H2,2-4H3. The molecule has 1 fully saturated rings. The highest BCUT2D eigenvalue weighted by molar-refractivity contribution is 6.00. The maximum atomic E-state index is 11.9. The zero-order valence-electron chi connectivity index (χ0n) is 10.9. The molecule has 0 spiro atoms. The van der Waals surface area contributed by atoms with Gasteiger partial charge in [0.1, 0.15) is 0 Å². The van der Waals surface area contributed by atoms with Crippen molar-refractivity contribution in [1.82, 2.24) is 0 Å². The molecule has 0 heterocycles. The summed E-state index contributed by atoms with van der Waals surface area (Å²) in [6, 6.07) is 0. The normalized spacial score (nSPS) is 25.1. The van der Waals surface area contributed by atoms with Gasteiger partial charge in [0.05, 0.1) is 20.3 Å². The van der Waals surface area contributed by atoms with E-state index in [2.05, 4.69) is 12.3 Å². The maximum absolute atomic E-state index is 11.9. The molecule has 0 aromatic carbocycles. The van der Waals surface area contributed by atoms with Gasteiger partial charge in [0.15, 0.2) is 5.41 Å². The van der Waals surface area contributed by atoms with Crippen LogP contribution in [-0.2, 0) is 23.8 Å². The first-order chi connectivity index (χ1) is 8.55. The third-order valence-corrected chi connectivity index (χ3v) is 3.40. The van der Waals surface area contributed by atoms with Crippen LogP contribution < -0.4 is 0 Å². The molecule has 2 unspecified atom stereocenters. The third kappa shape index (κ3) is 2.33. The lowest BCUT2D eigenvalue weighted by molar-refractivity contribution is -0.169. The zero-order valence-corrected chi connectivity index (χ0v) is 10.9. The molecule has 5 heteroatoms. The fourth-order valence-corrected chi connectivity index (χ4v) is 2.50. The summed E-state index contributed by atoms with van der Waals surface area (Å²) in [4.78, 5) is 23.8. The Labute approximate surface area is 106 Å². The molecule has 0 radical (unpaired) electrons. The van der Waals surface area contributed by atoms with Crippen molar-refractivity contribution in [3.05, 3.63) is 18.4 Å². The van der Waals surface area contributed by atoms with E-state index in [0.29, 0.717) is 0 Å². The van der Waals surface area contributed by atoms with E-state index in [1.54, 1.807) is 13.2 Å². The Morgan fingerprint density at radius 2 is 1.78 bits per heavy atom. The molecule has 0 saturated heterocycles. The molecule has 2 atom stereocenters. The Hall–Kier alpha value is -1.58. The minimum atomic E-state index is -1.29. The van der Waals surface area contributed by atoms with Gasteiger partial charge in [-0.15, -0.1) is 5.73 Å². The Morgan fingerprint density at radius 1 is 1.22 bits per heavy atom. The molecule has 5 nitrogen and oxygen atoms in total. The van der Waals surface area contributed by atoms with Crippen LogP contribution in [0.4, 0.5) is 0 Å². The lowest BCUT2D eigenvalue weighted by Crippen LogP contribution is -2.39. The van der Waals surface area contributed by atoms with Crippen LogP contribution in [0.2, 0.25) is 0 Å². The molecule has 1 saturated carbocycles. The van der Waals surface area contributed by atoms with E-state index in [4.69, 9.17) is 14.2 Å². The smallest absolute Gasteiger partial charge is 0.323 e. The predicted octanol–water partition coefficient (Wildman–Crippen LogP) is 1.08. The Morgan fingerprint density at radius 3 is 2.17 bits per heavy atom. The molecule has 100 valence electrons. The highest BCUT2D eigenvalue weighted by atomic mass is 16.5. The monoisotopic (exact) mass is 254 g/mol. The van der Waals surface area contributed by atoms with Crippen molar-refractivity contribution < 1.29 is 23.8 Å². The Balaban J connectivity index is 3.11. The summed E-state index contributed by atoms with van der Waals surface area (Å²) < 4.78 is 14.8. The minimum absolute atomic E-state index is 0.106. The van der Waals surface area contributed by atoms with E-state index >= 15 is 0 Å². The summed E-state index contributed by atoms with van der Waals surface area (Å²) >= 11 is 0. The van der Waals surface area contributed by atoms with E-state index in [9.17, 15) is 9.59 Å². The van der Waals surface area contributed by atoms with Crippen LogP contribution in [0.5, 0.6) is 0 Å². The first-order valence-corrected chi connectivity index (χ1v) is 5.61. The molecule has 0 aliphatic heterocycles. The first-order valence-electron chi connectivity index (χ1n) is 5.61. The first kappa shape index (κ1) is 14.5. The summed E-state index contributed by atoms with van der Waals surface area (Å²) in [5.41, 5.74) is 1.38. The molecule has 1 aliphatic carbocycles. The van der Waals surface area contributed by atoms with Gasteiger partial charge in [-0.1, -0.05) is 6.58 Å². The predicted molar refractivity (Wildman–Crippen MR) is 63.7 cm³/mol. The van der Waals surface area contributed by atoms with E-state index < -0.39 is 17.4 Å². The largest absolute Gasteiger partial charge is 0.468 e. The molecular formula is C13H18O5. The van der Waals surface area contributed by atoms with Gasteiger partial charge in [-0.05, 0) is 12.5 Å². The van der Waals surface area contributed by atoms with Gasteiger partial charge < -0.3 is 14.2 Å². The van der Waals surface area contributed by atoms with Crippen molar-refractivity contribution >= 4 is 11.9 Å². The summed E-state index contributed by atoms with van der Waals surface area (Å²) in [7, 11) is 4.05. The summed E-state index contributed by atoms with van der Waals surface area (Å²) in [5, 5.41) is 0. The van der Waals surface area contributed by atoms with E-state index in [-0.39, 0.29) is 24.9 Å². The van der Waals surface area contributed by atoms with Crippen molar-refractivity contribution in [3.8, 4) is 0 Å². The molecule has 0 amide bonds. The van der Waals surface area contributed by atoms with Gasteiger partial charge >= 0.3 is 11.9 Å². The Bertz CT molecular complexity index is 365. The lowest BCUT2D eigenvalue weighted by atomic mass is 9.85. The number of hydrogen-bond acceptors (Lipinski definition) is 5. The molecule has 0 aromatic rings. The van der Waals surface area contributed by atoms with Crippen molar-refractivity contribution in [2.75, 3.05) is 21.3 Å². The molecule has 1 aliphatic rings. The molecular weight excluding hydrogens is 236 g/mol. The van der Waals surface area contributed by atoms with Crippen LogP contribution in [0.1, 0.15) is 12.8 Å². The topological polar surface area (TPSA) is 61.8 Å². The van der Waals surface area contributed by atoms with Gasteiger partial charge in [0.2, 0.25) is 0 Å². The molecule has 0 bridgehead atoms. The van der Waals surface area contributed by atoms with Crippen LogP contribution >= 0.6 is 0 Å². The quantitative estimate of drug-likeness (QED) is 0.427. The number of ether oxygens (including phenoxy) is 3. The second kappa shape index (κ2) is 5.85. The van der Waals surface area contributed by atoms with Gasteiger partial charge in [-0.2, -0.15) is 0 Å². The van der Waals surface area contributed by atoms with Crippen molar-refractivity contribution in [2.45, 2.75) is 18.9 Å². The van der Waals surface area contributed by atoms with Gasteiger partial charge in [0, 0.05) is 19.4 Å².